The largest absolute Gasteiger partial charge is 0.481 e. The molecule has 1 aromatic heterocycles. The molecule has 0 radical (unpaired) electrons. The van der Waals surface area contributed by atoms with Gasteiger partial charge in [0.1, 0.15) is 5.82 Å². The number of hydrogen-bond acceptors (Lipinski definition) is 3. The van der Waals surface area contributed by atoms with Crippen LogP contribution in [-0.2, 0) is 24.1 Å². The molecule has 2 aromatic rings. The Morgan fingerprint density at radius 1 is 1.05 bits per heavy atom. The Hall–Kier alpha value is -2.23. The normalized spacial score (nSPS) is 10.5. The van der Waals surface area contributed by atoms with E-state index in [0.717, 1.165) is 35.6 Å². The SMILES string of the molecule is Cc1nc(CCc2ccccc2)nc(C)c1CC(=O)O. The molecular formula is C16H18N2O2. The lowest BCUT2D eigenvalue weighted by Crippen LogP contribution is -2.10. The van der Waals surface area contributed by atoms with Gasteiger partial charge in [0.05, 0.1) is 6.42 Å². The van der Waals surface area contributed by atoms with Crippen molar-refractivity contribution < 1.29 is 9.90 Å². The maximum atomic E-state index is 10.8. The predicted octanol–water partition coefficient (Wildman–Crippen LogP) is 2.51. The Morgan fingerprint density at radius 3 is 2.20 bits per heavy atom. The van der Waals surface area contributed by atoms with Crippen molar-refractivity contribution in [2.75, 3.05) is 0 Å². The number of carboxylic acid groups (broad SMARTS) is 1. The first-order valence-corrected chi connectivity index (χ1v) is 6.65. The quantitative estimate of drug-likeness (QED) is 0.906. The first-order valence-electron chi connectivity index (χ1n) is 6.65. The van der Waals surface area contributed by atoms with Gasteiger partial charge in [-0.25, -0.2) is 9.97 Å². The van der Waals surface area contributed by atoms with E-state index in [-0.39, 0.29) is 6.42 Å². The number of carboxylic acids is 1. The number of nitrogens with zero attached hydrogens (tertiary/aromatic N) is 2. The van der Waals surface area contributed by atoms with Crippen LogP contribution in [0.4, 0.5) is 0 Å². The fourth-order valence-corrected chi connectivity index (χ4v) is 2.23. The van der Waals surface area contributed by atoms with E-state index in [1.807, 2.05) is 32.0 Å². The molecule has 0 atom stereocenters. The molecule has 4 heteroatoms. The highest BCUT2D eigenvalue weighted by Gasteiger charge is 2.11. The van der Waals surface area contributed by atoms with Crippen LogP contribution in [0.5, 0.6) is 0 Å². The van der Waals surface area contributed by atoms with E-state index in [9.17, 15) is 4.79 Å². The summed E-state index contributed by atoms with van der Waals surface area (Å²) in [6.07, 6.45) is 1.63. The zero-order valence-electron chi connectivity index (χ0n) is 11.8. The molecular weight excluding hydrogens is 252 g/mol. The van der Waals surface area contributed by atoms with Crippen LogP contribution in [0.25, 0.3) is 0 Å². The molecule has 2 rings (SSSR count). The van der Waals surface area contributed by atoms with Gasteiger partial charge in [0.15, 0.2) is 0 Å². The molecule has 0 bridgehead atoms. The highest BCUT2D eigenvalue weighted by molar-refractivity contribution is 5.70. The van der Waals surface area contributed by atoms with Gasteiger partial charge in [0.25, 0.3) is 0 Å². The van der Waals surface area contributed by atoms with Gasteiger partial charge < -0.3 is 5.11 Å². The van der Waals surface area contributed by atoms with Gasteiger partial charge in [-0.1, -0.05) is 30.3 Å². The third-order valence-corrected chi connectivity index (χ3v) is 3.28. The lowest BCUT2D eigenvalue weighted by Gasteiger charge is -2.09. The lowest BCUT2D eigenvalue weighted by molar-refractivity contribution is -0.136. The van der Waals surface area contributed by atoms with Crippen LogP contribution in [0.3, 0.4) is 0 Å². The van der Waals surface area contributed by atoms with Crippen LogP contribution in [0, 0.1) is 13.8 Å². The van der Waals surface area contributed by atoms with Crippen molar-refractivity contribution in [2.24, 2.45) is 0 Å². The second-order valence-electron chi connectivity index (χ2n) is 4.85. The smallest absolute Gasteiger partial charge is 0.307 e. The van der Waals surface area contributed by atoms with Gasteiger partial charge in [-0.05, 0) is 25.8 Å². The molecule has 0 aliphatic heterocycles. The van der Waals surface area contributed by atoms with Crippen molar-refractivity contribution in [2.45, 2.75) is 33.1 Å². The summed E-state index contributed by atoms with van der Waals surface area (Å²) in [7, 11) is 0. The van der Waals surface area contributed by atoms with Crippen molar-refractivity contribution in [3.63, 3.8) is 0 Å². The summed E-state index contributed by atoms with van der Waals surface area (Å²) in [5, 5.41) is 8.88. The number of aromatic nitrogens is 2. The van der Waals surface area contributed by atoms with Crippen molar-refractivity contribution in [1.29, 1.82) is 0 Å². The highest BCUT2D eigenvalue weighted by atomic mass is 16.4. The van der Waals surface area contributed by atoms with Crippen molar-refractivity contribution in [3.8, 4) is 0 Å². The number of hydrogen-bond donors (Lipinski definition) is 1. The van der Waals surface area contributed by atoms with Crippen LogP contribution in [0.15, 0.2) is 30.3 Å². The minimum Gasteiger partial charge on any atom is -0.481 e. The summed E-state index contributed by atoms with van der Waals surface area (Å²) in [5.74, 6) is -0.0742. The Kier molecular flexibility index (Phi) is 4.45. The van der Waals surface area contributed by atoms with E-state index in [0.29, 0.717) is 0 Å². The van der Waals surface area contributed by atoms with E-state index < -0.39 is 5.97 Å². The number of benzene rings is 1. The standard InChI is InChI=1S/C16H18N2O2/c1-11-14(10-16(19)20)12(2)18-15(17-11)9-8-13-6-4-3-5-7-13/h3-7H,8-10H2,1-2H3,(H,19,20). The third kappa shape index (κ3) is 3.63. The summed E-state index contributed by atoms with van der Waals surface area (Å²) < 4.78 is 0. The second kappa shape index (κ2) is 6.28. The van der Waals surface area contributed by atoms with Gasteiger partial charge in [0.2, 0.25) is 0 Å². The van der Waals surface area contributed by atoms with Gasteiger partial charge in [0, 0.05) is 23.4 Å². The molecule has 104 valence electrons. The predicted molar refractivity (Wildman–Crippen MR) is 76.7 cm³/mol. The summed E-state index contributed by atoms with van der Waals surface area (Å²) >= 11 is 0. The zero-order chi connectivity index (χ0) is 14.5. The first kappa shape index (κ1) is 14.2. The molecule has 4 nitrogen and oxygen atoms in total. The maximum absolute atomic E-state index is 10.8. The van der Waals surface area contributed by atoms with Crippen LogP contribution in [0.1, 0.15) is 28.3 Å². The molecule has 1 aromatic carbocycles. The Labute approximate surface area is 118 Å². The molecule has 0 spiro atoms. The first-order chi connectivity index (χ1) is 9.56. The fraction of sp³-hybridized carbons (Fsp3) is 0.312. The molecule has 0 aliphatic rings. The van der Waals surface area contributed by atoms with Crippen LogP contribution >= 0.6 is 0 Å². The molecule has 1 heterocycles. The summed E-state index contributed by atoms with van der Waals surface area (Å²) in [4.78, 5) is 19.7. The molecule has 0 saturated heterocycles. The zero-order valence-corrected chi connectivity index (χ0v) is 11.8. The lowest BCUT2D eigenvalue weighted by atomic mass is 10.1. The van der Waals surface area contributed by atoms with Gasteiger partial charge in [-0.3, -0.25) is 4.79 Å². The van der Waals surface area contributed by atoms with E-state index in [1.54, 1.807) is 0 Å². The number of rotatable bonds is 5. The average Bonchev–Trinajstić information content (AvgIpc) is 2.41. The van der Waals surface area contributed by atoms with Crippen LogP contribution in [0.2, 0.25) is 0 Å². The van der Waals surface area contributed by atoms with Crippen LogP contribution in [-0.4, -0.2) is 21.0 Å². The average molecular weight is 270 g/mol. The van der Waals surface area contributed by atoms with E-state index in [4.69, 9.17) is 5.11 Å². The van der Waals surface area contributed by atoms with Gasteiger partial charge >= 0.3 is 5.97 Å². The summed E-state index contributed by atoms with van der Waals surface area (Å²) in [5.41, 5.74) is 3.51. The van der Waals surface area contributed by atoms with Gasteiger partial charge in [-0.2, -0.15) is 0 Å². The van der Waals surface area contributed by atoms with Crippen molar-refractivity contribution in [3.05, 3.63) is 58.7 Å². The second-order valence-corrected chi connectivity index (χ2v) is 4.85. The molecule has 1 N–H and O–H groups in total. The minimum atomic E-state index is -0.850. The Morgan fingerprint density at radius 2 is 1.65 bits per heavy atom. The summed E-state index contributed by atoms with van der Waals surface area (Å²) in [6, 6.07) is 10.2. The molecule has 0 aliphatic carbocycles. The third-order valence-electron chi connectivity index (χ3n) is 3.28. The minimum absolute atomic E-state index is 0.0172. The van der Waals surface area contributed by atoms with Gasteiger partial charge in [-0.15, -0.1) is 0 Å². The monoisotopic (exact) mass is 270 g/mol. The summed E-state index contributed by atoms with van der Waals surface area (Å²) in [6.45, 7) is 3.69. The van der Waals surface area contributed by atoms with E-state index in [1.165, 1.54) is 5.56 Å². The topological polar surface area (TPSA) is 63.1 Å². The number of aliphatic carboxylic acids is 1. The fourth-order valence-electron chi connectivity index (χ4n) is 2.23. The van der Waals surface area contributed by atoms with Crippen LogP contribution < -0.4 is 0 Å². The highest BCUT2D eigenvalue weighted by Crippen LogP contribution is 2.12. The van der Waals surface area contributed by atoms with Crippen molar-refractivity contribution >= 4 is 5.97 Å². The Balaban J connectivity index is 2.12. The van der Waals surface area contributed by atoms with Crippen molar-refractivity contribution in [1.82, 2.24) is 9.97 Å². The number of carbonyl (C=O) groups is 1. The number of aryl methyl sites for hydroxylation is 4. The Bertz CT molecular complexity index is 586. The van der Waals surface area contributed by atoms with E-state index in [2.05, 4.69) is 22.1 Å². The molecule has 0 fully saturated rings. The molecule has 0 unspecified atom stereocenters. The van der Waals surface area contributed by atoms with E-state index >= 15 is 0 Å². The molecule has 20 heavy (non-hydrogen) atoms. The molecule has 0 amide bonds. The molecule has 0 saturated carbocycles. The maximum Gasteiger partial charge on any atom is 0.307 e.